The smallest absolute Gasteiger partial charge is 0.317 e. The minimum Gasteiger partial charge on any atom is -0.481 e. The van der Waals surface area contributed by atoms with Crippen molar-refractivity contribution in [2.24, 2.45) is 0 Å². The van der Waals surface area contributed by atoms with E-state index in [0.717, 1.165) is 17.5 Å². The summed E-state index contributed by atoms with van der Waals surface area (Å²) in [7, 11) is 0. The summed E-state index contributed by atoms with van der Waals surface area (Å²) in [6.07, 6.45) is 5.75. The van der Waals surface area contributed by atoms with Crippen LogP contribution in [0.25, 0.3) is 0 Å². The molecular weight excluding hydrogens is 344 g/mol. The van der Waals surface area contributed by atoms with E-state index in [1.54, 1.807) is 4.90 Å². The Labute approximate surface area is 159 Å². The second-order valence-electron chi connectivity index (χ2n) is 7.15. The van der Waals surface area contributed by atoms with Crippen LogP contribution in [-0.4, -0.2) is 50.9 Å². The van der Waals surface area contributed by atoms with Crippen molar-refractivity contribution in [2.75, 3.05) is 13.1 Å². The predicted molar refractivity (Wildman–Crippen MR) is 102 cm³/mol. The molecule has 7 heteroatoms. The molecule has 144 valence electrons. The average Bonchev–Trinajstić information content (AvgIpc) is 3.29. The van der Waals surface area contributed by atoms with Gasteiger partial charge in [-0.3, -0.25) is 9.48 Å². The van der Waals surface area contributed by atoms with Crippen molar-refractivity contribution in [1.82, 2.24) is 20.0 Å². The lowest BCUT2D eigenvalue weighted by Crippen LogP contribution is -2.45. The van der Waals surface area contributed by atoms with Gasteiger partial charge < -0.3 is 15.3 Å². The normalized spacial score (nSPS) is 17.7. The summed E-state index contributed by atoms with van der Waals surface area (Å²) in [5.41, 5.74) is 2.19. The summed E-state index contributed by atoms with van der Waals surface area (Å²) in [5, 5.41) is 16.4. The van der Waals surface area contributed by atoms with Crippen LogP contribution in [0.5, 0.6) is 0 Å². The van der Waals surface area contributed by atoms with Crippen LogP contribution in [0.1, 0.15) is 36.4 Å². The first-order valence-electron chi connectivity index (χ1n) is 9.33. The second kappa shape index (κ2) is 8.70. The molecule has 1 aliphatic heterocycles. The molecule has 2 unspecified atom stereocenters. The number of aliphatic carboxylic acids is 1. The minimum absolute atomic E-state index is 0.0347. The molecule has 1 aliphatic rings. The summed E-state index contributed by atoms with van der Waals surface area (Å²) in [4.78, 5) is 25.5. The van der Waals surface area contributed by atoms with Gasteiger partial charge in [0, 0.05) is 31.7 Å². The van der Waals surface area contributed by atoms with Crippen LogP contribution in [0.15, 0.2) is 42.7 Å². The Hall–Kier alpha value is -2.83. The van der Waals surface area contributed by atoms with Gasteiger partial charge in [-0.05, 0) is 37.3 Å². The third-order valence-corrected chi connectivity index (χ3v) is 4.91. The fraction of sp³-hybridized carbons (Fsp3) is 0.450. The highest BCUT2D eigenvalue weighted by Gasteiger charge is 2.29. The second-order valence-corrected chi connectivity index (χ2v) is 7.15. The van der Waals surface area contributed by atoms with Gasteiger partial charge in [-0.15, -0.1) is 0 Å². The number of carbonyl (C=O) groups is 2. The standard InChI is InChI=1S/C20H26N4O3/c1-15-12-21-24(13-15)18-9-10-23(14-18)20(27)22-17(7-8-19(25)26)11-16-5-3-2-4-6-16/h2-6,12-13,17-18H,7-11,14H2,1H3,(H,22,27)(H,25,26). The van der Waals surface area contributed by atoms with Crippen molar-refractivity contribution < 1.29 is 14.7 Å². The largest absolute Gasteiger partial charge is 0.481 e. The molecule has 2 aromatic rings. The highest BCUT2D eigenvalue weighted by molar-refractivity contribution is 5.75. The molecular formula is C20H26N4O3. The topological polar surface area (TPSA) is 87.5 Å². The van der Waals surface area contributed by atoms with Crippen LogP contribution in [0.3, 0.4) is 0 Å². The van der Waals surface area contributed by atoms with Crippen molar-refractivity contribution in [3.05, 3.63) is 53.9 Å². The Morgan fingerprint density at radius 3 is 2.78 bits per heavy atom. The Balaban J connectivity index is 1.59. The van der Waals surface area contributed by atoms with Crippen LogP contribution in [0.4, 0.5) is 4.79 Å². The summed E-state index contributed by atoms with van der Waals surface area (Å²) in [6, 6.07) is 9.67. The maximum absolute atomic E-state index is 12.7. The zero-order valence-electron chi connectivity index (χ0n) is 15.5. The van der Waals surface area contributed by atoms with Crippen molar-refractivity contribution in [3.63, 3.8) is 0 Å². The Morgan fingerprint density at radius 2 is 2.11 bits per heavy atom. The number of nitrogens with zero attached hydrogens (tertiary/aromatic N) is 3. The first-order chi connectivity index (χ1) is 13.0. The maximum Gasteiger partial charge on any atom is 0.317 e. The van der Waals surface area contributed by atoms with Crippen LogP contribution in [0, 0.1) is 6.92 Å². The minimum atomic E-state index is -0.849. The molecule has 0 bridgehead atoms. The third-order valence-electron chi connectivity index (χ3n) is 4.91. The first kappa shape index (κ1) is 18.9. The number of aryl methyl sites for hydroxylation is 1. The third kappa shape index (κ3) is 5.32. The van der Waals surface area contributed by atoms with E-state index in [-0.39, 0.29) is 24.5 Å². The highest BCUT2D eigenvalue weighted by atomic mass is 16.4. The van der Waals surface area contributed by atoms with Gasteiger partial charge in [-0.1, -0.05) is 30.3 Å². The Morgan fingerprint density at radius 1 is 1.33 bits per heavy atom. The highest BCUT2D eigenvalue weighted by Crippen LogP contribution is 2.21. The molecule has 3 rings (SSSR count). The number of carbonyl (C=O) groups excluding carboxylic acids is 1. The average molecular weight is 370 g/mol. The van der Waals surface area contributed by atoms with E-state index in [1.807, 2.05) is 54.3 Å². The number of hydrogen-bond acceptors (Lipinski definition) is 3. The van der Waals surface area contributed by atoms with Gasteiger partial charge in [0.05, 0.1) is 12.2 Å². The van der Waals surface area contributed by atoms with Gasteiger partial charge in [-0.2, -0.15) is 5.10 Å². The van der Waals surface area contributed by atoms with E-state index >= 15 is 0 Å². The molecule has 1 fully saturated rings. The number of likely N-dealkylation sites (tertiary alicyclic amines) is 1. The van der Waals surface area contributed by atoms with E-state index in [9.17, 15) is 9.59 Å². The van der Waals surface area contributed by atoms with E-state index in [4.69, 9.17) is 5.11 Å². The molecule has 1 aromatic carbocycles. The number of rotatable bonds is 7. The van der Waals surface area contributed by atoms with Crippen molar-refractivity contribution in [2.45, 2.75) is 44.7 Å². The zero-order chi connectivity index (χ0) is 19.2. The molecule has 0 aliphatic carbocycles. The molecule has 0 spiro atoms. The summed E-state index contributed by atoms with van der Waals surface area (Å²) in [6.45, 7) is 3.29. The summed E-state index contributed by atoms with van der Waals surface area (Å²) < 4.78 is 1.93. The molecule has 7 nitrogen and oxygen atoms in total. The quantitative estimate of drug-likeness (QED) is 0.784. The Kier molecular flexibility index (Phi) is 6.11. The molecule has 27 heavy (non-hydrogen) atoms. The van der Waals surface area contributed by atoms with E-state index in [2.05, 4.69) is 10.4 Å². The van der Waals surface area contributed by atoms with Gasteiger partial charge in [0.15, 0.2) is 0 Å². The van der Waals surface area contributed by atoms with Gasteiger partial charge in [0.25, 0.3) is 0 Å². The number of carboxylic acids is 1. The van der Waals surface area contributed by atoms with E-state index in [0.29, 0.717) is 25.9 Å². The number of hydrogen-bond donors (Lipinski definition) is 2. The number of urea groups is 1. The fourth-order valence-electron chi connectivity index (χ4n) is 3.46. The monoisotopic (exact) mass is 370 g/mol. The van der Waals surface area contributed by atoms with Crippen LogP contribution in [-0.2, 0) is 11.2 Å². The number of amides is 2. The van der Waals surface area contributed by atoms with Crippen LogP contribution in [0.2, 0.25) is 0 Å². The van der Waals surface area contributed by atoms with E-state index < -0.39 is 5.97 Å². The fourth-order valence-corrected chi connectivity index (χ4v) is 3.46. The number of nitrogens with one attached hydrogen (secondary N) is 1. The lowest BCUT2D eigenvalue weighted by molar-refractivity contribution is -0.137. The van der Waals surface area contributed by atoms with Crippen LogP contribution < -0.4 is 5.32 Å². The number of aromatic nitrogens is 2. The molecule has 0 saturated carbocycles. The first-order valence-corrected chi connectivity index (χ1v) is 9.33. The molecule has 0 radical (unpaired) electrons. The maximum atomic E-state index is 12.7. The molecule has 2 N–H and O–H groups in total. The van der Waals surface area contributed by atoms with Crippen molar-refractivity contribution in [1.29, 1.82) is 0 Å². The lowest BCUT2D eigenvalue weighted by Gasteiger charge is -2.23. The zero-order valence-corrected chi connectivity index (χ0v) is 15.5. The van der Waals surface area contributed by atoms with Crippen molar-refractivity contribution in [3.8, 4) is 0 Å². The molecule has 1 saturated heterocycles. The lowest BCUT2D eigenvalue weighted by atomic mass is 10.0. The van der Waals surface area contributed by atoms with Gasteiger partial charge in [0.2, 0.25) is 0 Å². The summed E-state index contributed by atoms with van der Waals surface area (Å²) >= 11 is 0. The van der Waals surface area contributed by atoms with Gasteiger partial charge >= 0.3 is 12.0 Å². The van der Waals surface area contributed by atoms with E-state index in [1.165, 1.54) is 0 Å². The number of benzene rings is 1. The van der Waals surface area contributed by atoms with Crippen molar-refractivity contribution >= 4 is 12.0 Å². The molecule has 2 amide bonds. The molecule has 1 aromatic heterocycles. The molecule has 2 heterocycles. The van der Waals surface area contributed by atoms with Crippen LogP contribution >= 0.6 is 0 Å². The number of carboxylic acid groups (broad SMARTS) is 1. The molecule has 2 atom stereocenters. The summed E-state index contributed by atoms with van der Waals surface area (Å²) in [5.74, 6) is -0.849. The SMILES string of the molecule is Cc1cnn(C2CCN(C(=O)NC(CCC(=O)O)Cc3ccccc3)C2)c1. The van der Waals surface area contributed by atoms with Gasteiger partial charge in [0.1, 0.15) is 0 Å². The Bertz CT molecular complexity index is 775. The van der Waals surface area contributed by atoms with Gasteiger partial charge in [-0.25, -0.2) is 4.79 Å². The predicted octanol–water partition coefficient (Wildman–Crippen LogP) is 2.62.